The quantitative estimate of drug-likeness (QED) is 0.142. The van der Waals surface area contributed by atoms with Crippen LogP contribution in [0.25, 0.3) is 33.9 Å². The highest BCUT2D eigenvalue weighted by Gasteiger charge is 2.43. The van der Waals surface area contributed by atoms with Crippen LogP contribution in [0.1, 0.15) is 73.9 Å². The fourth-order valence-corrected chi connectivity index (χ4v) is 13.4. The largest absolute Gasteiger partial charge is 0.334 e. The first kappa shape index (κ1) is 45.3. The Morgan fingerprint density at radius 2 is 1.33 bits per heavy atom. The predicted octanol–water partition coefficient (Wildman–Crippen LogP) is 13.2. The van der Waals surface area contributed by atoms with Crippen molar-refractivity contribution in [1.82, 2.24) is 15.0 Å². The number of hydrogen-bond acceptors (Lipinski definition) is 4. The Morgan fingerprint density at radius 3 is 2.16 bits per heavy atom. The molecular weight excluding hydrogens is 882 g/mol. The van der Waals surface area contributed by atoms with Gasteiger partial charge < -0.3 is 4.90 Å². The molecule has 4 nitrogen and oxygen atoms in total. The lowest BCUT2D eigenvalue weighted by molar-refractivity contribution is 0.571. The SMILES string of the molecule is CB1c2ccccc2N(c2c(C3=CCCCC3)cccc2-c2nc(C3=C(C4Cc5ccccc5B(c5ccccc5)c5ccccc54)C(C4=CC=CC(C)C4)CC=C3)nc(-c3ccccc3)n2)C2C=CC=CC12. The van der Waals surface area contributed by atoms with Crippen molar-refractivity contribution in [2.75, 3.05) is 4.90 Å². The molecule has 354 valence electrons. The summed E-state index contributed by atoms with van der Waals surface area (Å²) in [5.74, 6) is 3.10. The molecule has 0 bridgehead atoms. The van der Waals surface area contributed by atoms with E-state index in [0.717, 1.165) is 54.6 Å². The van der Waals surface area contributed by atoms with E-state index in [1.807, 2.05) is 0 Å². The lowest BCUT2D eigenvalue weighted by atomic mass is 9.35. The summed E-state index contributed by atoms with van der Waals surface area (Å²) in [5.41, 5.74) is 19.4. The van der Waals surface area contributed by atoms with Gasteiger partial charge in [0.1, 0.15) is 0 Å². The Balaban J connectivity index is 1.09. The maximum absolute atomic E-state index is 5.85. The minimum Gasteiger partial charge on any atom is -0.334 e. The van der Waals surface area contributed by atoms with Gasteiger partial charge in [0.2, 0.25) is 6.71 Å². The van der Waals surface area contributed by atoms with E-state index in [9.17, 15) is 0 Å². The Kier molecular flexibility index (Phi) is 12.1. The molecule has 0 radical (unpaired) electrons. The van der Waals surface area contributed by atoms with Crippen molar-refractivity contribution >= 4 is 57.8 Å². The molecule has 5 atom stereocenters. The third-order valence-corrected chi connectivity index (χ3v) is 16.9. The van der Waals surface area contributed by atoms with E-state index < -0.39 is 0 Å². The van der Waals surface area contributed by atoms with E-state index in [2.05, 4.69) is 231 Å². The molecule has 6 aliphatic rings. The summed E-state index contributed by atoms with van der Waals surface area (Å²) in [6.07, 6.45) is 31.0. The van der Waals surface area contributed by atoms with Crippen molar-refractivity contribution in [3.8, 4) is 22.8 Å². The van der Waals surface area contributed by atoms with Gasteiger partial charge in [-0.25, -0.2) is 15.0 Å². The van der Waals surface area contributed by atoms with Gasteiger partial charge in [-0.1, -0.05) is 247 Å². The third-order valence-electron chi connectivity index (χ3n) is 16.9. The molecule has 2 aliphatic heterocycles. The lowest BCUT2D eigenvalue weighted by Gasteiger charge is -2.46. The summed E-state index contributed by atoms with van der Waals surface area (Å²) in [4.78, 5) is 19.7. The van der Waals surface area contributed by atoms with Gasteiger partial charge in [-0.3, -0.25) is 0 Å². The van der Waals surface area contributed by atoms with Gasteiger partial charge in [0.25, 0.3) is 0 Å². The molecule has 0 saturated heterocycles. The van der Waals surface area contributed by atoms with E-state index >= 15 is 0 Å². The second-order valence-electron chi connectivity index (χ2n) is 21.2. The molecule has 73 heavy (non-hydrogen) atoms. The van der Waals surface area contributed by atoms with Crippen LogP contribution >= 0.6 is 0 Å². The van der Waals surface area contributed by atoms with E-state index in [1.165, 1.54) is 79.5 Å². The van der Waals surface area contributed by atoms with Gasteiger partial charge in [-0.2, -0.15) is 0 Å². The number of benzene rings is 6. The number of para-hydroxylation sites is 2. The summed E-state index contributed by atoms with van der Waals surface area (Å²) in [6.45, 7) is 5.22. The zero-order valence-electron chi connectivity index (χ0n) is 42.0. The molecule has 6 aromatic carbocycles. The van der Waals surface area contributed by atoms with Crippen molar-refractivity contribution in [2.24, 2.45) is 11.8 Å². The summed E-state index contributed by atoms with van der Waals surface area (Å²) < 4.78 is 0. The number of allylic oxidation sites excluding steroid dienone is 12. The van der Waals surface area contributed by atoms with E-state index in [0.29, 0.717) is 30.1 Å². The van der Waals surface area contributed by atoms with Crippen molar-refractivity contribution in [3.63, 3.8) is 0 Å². The second-order valence-corrected chi connectivity index (χ2v) is 21.2. The molecule has 3 heterocycles. The molecule has 0 saturated carbocycles. The number of fused-ring (bicyclic) bond motifs is 4. The number of aromatic nitrogens is 3. The zero-order valence-corrected chi connectivity index (χ0v) is 42.0. The first-order chi connectivity index (χ1) is 36.1. The Morgan fingerprint density at radius 1 is 0.603 bits per heavy atom. The van der Waals surface area contributed by atoms with Gasteiger partial charge >= 0.3 is 0 Å². The average Bonchev–Trinajstić information content (AvgIpc) is 3.60. The monoisotopic (exact) mass is 943 g/mol. The smallest absolute Gasteiger partial charge is 0.241 e. The van der Waals surface area contributed by atoms with Gasteiger partial charge in [0, 0.05) is 39.8 Å². The van der Waals surface area contributed by atoms with E-state index in [1.54, 1.807) is 0 Å². The van der Waals surface area contributed by atoms with E-state index in [-0.39, 0.29) is 24.6 Å². The van der Waals surface area contributed by atoms with Crippen LogP contribution in [0, 0.1) is 11.8 Å². The molecule has 6 heteroatoms. The number of hydrogen-bond donors (Lipinski definition) is 0. The highest BCUT2D eigenvalue weighted by molar-refractivity contribution is 6.96. The van der Waals surface area contributed by atoms with Crippen LogP contribution in [0.4, 0.5) is 11.4 Å². The van der Waals surface area contributed by atoms with Gasteiger partial charge in [0.15, 0.2) is 24.2 Å². The average molecular weight is 943 g/mol. The fourth-order valence-electron chi connectivity index (χ4n) is 13.4. The van der Waals surface area contributed by atoms with Crippen LogP contribution in [-0.4, -0.2) is 34.4 Å². The first-order valence-corrected chi connectivity index (χ1v) is 26.9. The first-order valence-electron chi connectivity index (χ1n) is 26.9. The van der Waals surface area contributed by atoms with Crippen LogP contribution in [0.2, 0.25) is 12.6 Å². The molecule has 7 aromatic rings. The summed E-state index contributed by atoms with van der Waals surface area (Å²) in [5, 5.41) is 0. The fraction of sp³-hybridized carbons (Fsp3) is 0.209. The maximum Gasteiger partial charge on any atom is 0.241 e. The minimum absolute atomic E-state index is 0.0607. The summed E-state index contributed by atoms with van der Waals surface area (Å²) in [7, 11) is 0. The van der Waals surface area contributed by atoms with Crippen LogP contribution < -0.4 is 26.8 Å². The molecule has 0 fully saturated rings. The Hall–Kier alpha value is -7.56. The normalized spacial score (nSPS) is 21.9. The number of anilines is 2. The maximum atomic E-state index is 5.85. The van der Waals surface area contributed by atoms with Crippen molar-refractivity contribution < 1.29 is 0 Å². The highest BCUT2D eigenvalue weighted by Crippen LogP contribution is 2.50. The molecule has 5 unspecified atom stereocenters. The minimum atomic E-state index is 0.0607. The molecule has 13 rings (SSSR count). The van der Waals surface area contributed by atoms with Gasteiger partial charge in [0.05, 0.1) is 11.7 Å². The van der Waals surface area contributed by atoms with Crippen LogP contribution in [0.15, 0.2) is 224 Å². The summed E-state index contributed by atoms with van der Waals surface area (Å²) in [6, 6.07) is 56.4. The molecule has 1 aromatic heterocycles. The standard InChI is InChI=1S/C67H60B2N4/c1-45-23-20-29-48(43-45)51-33-21-35-54(63(51)56-44-49-28-12-14-37-57(49)69(50-30-10-5-11-31-50)58-38-15-13-32-53(56)58)66-70-65(47-26-8-4-9-27-47)71-67(72-66)55-36-22-34-52(46-24-6-3-7-25-46)64(55)73-61-41-18-16-39-59(61)68(2)60-40-17-19-42-62(60)73/h4-5,8-24,26-32,34-42,45,51,56,59,61H,3,6-7,25,33,43-44H2,1-2H3. The highest BCUT2D eigenvalue weighted by atomic mass is 15.2. The van der Waals surface area contributed by atoms with E-state index in [4.69, 9.17) is 15.0 Å². The second kappa shape index (κ2) is 19.5. The molecule has 0 amide bonds. The Bertz CT molecular complexity index is 3470. The number of nitrogens with zero attached hydrogens (tertiary/aromatic N) is 4. The lowest BCUT2D eigenvalue weighted by Crippen LogP contribution is -2.53. The van der Waals surface area contributed by atoms with Crippen molar-refractivity contribution in [3.05, 3.63) is 246 Å². The van der Waals surface area contributed by atoms with Crippen molar-refractivity contribution in [1.29, 1.82) is 0 Å². The molecule has 0 N–H and O–H groups in total. The van der Waals surface area contributed by atoms with Crippen LogP contribution in [-0.2, 0) is 6.42 Å². The third kappa shape index (κ3) is 8.26. The van der Waals surface area contributed by atoms with Crippen LogP contribution in [0.5, 0.6) is 0 Å². The predicted molar refractivity (Wildman–Crippen MR) is 308 cm³/mol. The topological polar surface area (TPSA) is 41.9 Å². The zero-order chi connectivity index (χ0) is 48.8. The van der Waals surface area contributed by atoms with Gasteiger partial charge in [-0.05, 0) is 85.5 Å². The molecule has 0 spiro atoms. The molecule has 4 aliphatic carbocycles. The summed E-state index contributed by atoms with van der Waals surface area (Å²) >= 11 is 0. The van der Waals surface area contributed by atoms with Crippen LogP contribution in [0.3, 0.4) is 0 Å². The van der Waals surface area contributed by atoms with Crippen molar-refractivity contribution in [2.45, 2.75) is 76.5 Å². The number of rotatable bonds is 8. The van der Waals surface area contributed by atoms with Gasteiger partial charge in [-0.15, -0.1) is 0 Å². The Labute approximate surface area is 432 Å². The molecular formula is C67H60B2N4.